The molecule has 202 valence electrons. The summed E-state index contributed by atoms with van der Waals surface area (Å²) in [5.41, 5.74) is 4.65. The van der Waals surface area contributed by atoms with Gasteiger partial charge in [0.15, 0.2) is 17.4 Å². The topological polar surface area (TPSA) is 291 Å². The van der Waals surface area contributed by atoms with Crippen LogP contribution >= 0.6 is 15.6 Å². The van der Waals surface area contributed by atoms with Crippen molar-refractivity contribution in [3.05, 3.63) is 16.7 Å². The number of fused-ring (bicyclic) bond motifs is 1. The molecule has 2 saturated heterocycles. The highest BCUT2D eigenvalue weighted by atomic mass is 31.3. The molecule has 9 N–H and O–H groups in total. The fourth-order valence-corrected chi connectivity index (χ4v) is 5.64. The van der Waals surface area contributed by atoms with Crippen molar-refractivity contribution in [3.63, 3.8) is 0 Å². The fraction of sp³-hybridized carbons (Fsp3) is 0.667. The van der Waals surface area contributed by atoms with Gasteiger partial charge in [-0.2, -0.15) is 9.29 Å². The molecule has 4 heterocycles. The van der Waals surface area contributed by atoms with Gasteiger partial charge in [0, 0.05) is 0 Å². The van der Waals surface area contributed by atoms with Crippen LogP contribution in [-0.2, 0) is 32.0 Å². The molecule has 21 heteroatoms. The number of aliphatic hydroxyl groups excluding tert-OH is 4. The van der Waals surface area contributed by atoms with E-state index in [0.717, 1.165) is 10.9 Å². The van der Waals surface area contributed by atoms with Gasteiger partial charge in [-0.25, -0.2) is 14.1 Å². The van der Waals surface area contributed by atoms with Gasteiger partial charge in [0.05, 0.1) is 26.1 Å². The van der Waals surface area contributed by atoms with Crippen molar-refractivity contribution in [2.75, 3.05) is 25.6 Å². The zero-order valence-corrected chi connectivity index (χ0v) is 19.8. The van der Waals surface area contributed by atoms with Crippen molar-refractivity contribution in [1.82, 2.24) is 19.5 Å². The van der Waals surface area contributed by atoms with Gasteiger partial charge < -0.3 is 45.4 Å². The maximum atomic E-state index is 12.1. The van der Waals surface area contributed by atoms with Crippen molar-refractivity contribution >= 4 is 32.8 Å². The molecular formula is C15H23N5O14P2. The first-order chi connectivity index (χ1) is 16.8. The normalized spacial score (nSPS) is 34.1. The van der Waals surface area contributed by atoms with E-state index < -0.39 is 77.3 Å². The molecule has 36 heavy (non-hydrogen) atoms. The molecule has 2 aromatic heterocycles. The van der Waals surface area contributed by atoms with Crippen molar-refractivity contribution in [2.24, 2.45) is 0 Å². The third kappa shape index (κ3) is 5.68. The molecule has 0 aliphatic carbocycles. The predicted octanol–water partition coefficient (Wildman–Crippen LogP) is -3.31. The van der Waals surface area contributed by atoms with Gasteiger partial charge in [-0.1, -0.05) is 0 Å². The highest BCUT2D eigenvalue weighted by Gasteiger charge is 2.46. The van der Waals surface area contributed by atoms with E-state index in [-0.39, 0.29) is 23.7 Å². The first kappa shape index (κ1) is 27.2. The van der Waals surface area contributed by atoms with Crippen LogP contribution in [0.1, 0.15) is 6.23 Å². The second-order valence-corrected chi connectivity index (χ2v) is 10.9. The van der Waals surface area contributed by atoms with Gasteiger partial charge in [0.1, 0.15) is 36.6 Å². The van der Waals surface area contributed by atoms with Crippen LogP contribution in [0.2, 0.25) is 0 Å². The molecule has 2 aliphatic heterocycles. The number of H-pyrrole nitrogens is 1. The number of ether oxygens (including phenoxy) is 2. The number of phosphoric ester groups is 2. The van der Waals surface area contributed by atoms with Crippen molar-refractivity contribution in [1.29, 1.82) is 0 Å². The minimum Gasteiger partial charge on any atom is -0.388 e. The van der Waals surface area contributed by atoms with E-state index in [4.69, 9.17) is 15.2 Å². The number of nitrogens with two attached hydrogens (primary N) is 1. The van der Waals surface area contributed by atoms with Crippen LogP contribution in [0.4, 0.5) is 5.95 Å². The summed E-state index contributed by atoms with van der Waals surface area (Å²) < 4.78 is 48.9. The molecular weight excluding hydrogens is 536 g/mol. The number of nitrogens with one attached hydrogen (secondary N) is 1. The number of nitrogens with zero attached hydrogens (tertiary/aromatic N) is 3. The molecule has 2 aromatic rings. The van der Waals surface area contributed by atoms with Crippen molar-refractivity contribution in [2.45, 2.75) is 42.9 Å². The standard InChI is InChI=1S/C15H23N5O14P2/c16-15-18-12-8(13(25)19-15)17-4-20(12)14-11(24)10(23)7(33-14)3-32-36(28,29)34-35(26,27)31-2-6-9(22)5(21)1-30-6/h4-7,9-11,14,21-24H,1-3H2,(H,26,27)(H,28,29)(H3,16,18,19,25)/t5-,6+,7+,9-,10-,11+,14+/m0/s1. The number of nitrogen functional groups attached to an aromatic ring is 1. The van der Waals surface area contributed by atoms with Gasteiger partial charge >= 0.3 is 15.6 Å². The SMILES string of the molecule is Nc1nc2c(ncn2[C@@H]2O[C@H](COP(=O)(O)OP(=O)(O)OC[C@H]3OC[C@H](O)[C@@H]3O)[C@H](O)[C@H]2O)c(=O)[nH]1. The lowest BCUT2D eigenvalue weighted by Gasteiger charge is -2.20. The third-order valence-corrected chi connectivity index (χ3v) is 7.93. The minimum absolute atomic E-state index is 0.0764. The molecule has 0 bridgehead atoms. The third-order valence-electron chi connectivity index (χ3n) is 5.33. The van der Waals surface area contributed by atoms with E-state index in [1.54, 1.807) is 0 Å². The summed E-state index contributed by atoms with van der Waals surface area (Å²) in [5, 5.41) is 39.7. The van der Waals surface area contributed by atoms with Crippen LogP contribution < -0.4 is 11.3 Å². The summed E-state index contributed by atoms with van der Waals surface area (Å²) >= 11 is 0. The van der Waals surface area contributed by atoms with E-state index in [9.17, 15) is 44.1 Å². The Balaban J connectivity index is 1.36. The lowest BCUT2D eigenvalue weighted by molar-refractivity contribution is -0.0506. The van der Waals surface area contributed by atoms with Crippen LogP contribution in [-0.4, -0.2) is 106 Å². The van der Waals surface area contributed by atoms with Crippen LogP contribution in [0.5, 0.6) is 0 Å². The predicted molar refractivity (Wildman–Crippen MR) is 113 cm³/mol. The van der Waals surface area contributed by atoms with Crippen LogP contribution in [0.15, 0.2) is 11.1 Å². The quantitative estimate of drug-likeness (QED) is 0.139. The van der Waals surface area contributed by atoms with E-state index >= 15 is 0 Å². The van der Waals surface area contributed by atoms with Gasteiger partial charge in [-0.3, -0.25) is 23.4 Å². The molecule has 2 aliphatic rings. The average molecular weight is 559 g/mol. The fourth-order valence-electron chi connectivity index (χ4n) is 3.55. The molecule has 9 atom stereocenters. The van der Waals surface area contributed by atoms with E-state index in [1.807, 2.05) is 0 Å². The second-order valence-electron chi connectivity index (χ2n) is 7.86. The number of aromatic amines is 1. The molecule has 4 rings (SSSR count). The Bertz CT molecular complexity index is 1250. The Labute approximate surface area is 200 Å². The number of imidazole rings is 1. The molecule has 0 radical (unpaired) electrons. The number of anilines is 1. The smallest absolute Gasteiger partial charge is 0.388 e. The second kappa shape index (κ2) is 10.1. The number of rotatable bonds is 9. The van der Waals surface area contributed by atoms with Crippen molar-refractivity contribution in [3.8, 4) is 0 Å². The summed E-state index contributed by atoms with van der Waals surface area (Å²) in [6, 6.07) is 0. The first-order valence-electron chi connectivity index (χ1n) is 10.2. The maximum absolute atomic E-state index is 12.1. The van der Waals surface area contributed by atoms with E-state index in [0.29, 0.717) is 0 Å². The Morgan fingerprint density at radius 1 is 1.08 bits per heavy atom. The average Bonchev–Trinajstić information content (AvgIpc) is 3.42. The van der Waals surface area contributed by atoms with Gasteiger partial charge in [-0.15, -0.1) is 0 Å². The maximum Gasteiger partial charge on any atom is 0.481 e. The van der Waals surface area contributed by atoms with Gasteiger partial charge in [0.2, 0.25) is 5.95 Å². The number of phosphoric acid groups is 2. The minimum atomic E-state index is -5.29. The molecule has 0 spiro atoms. The number of hydrogen-bond acceptors (Lipinski definition) is 15. The molecule has 0 aromatic carbocycles. The highest BCUT2D eigenvalue weighted by Crippen LogP contribution is 2.60. The Morgan fingerprint density at radius 3 is 2.33 bits per heavy atom. The van der Waals surface area contributed by atoms with Crippen molar-refractivity contribution < 1.29 is 62.2 Å². The zero-order chi connectivity index (χ0) is 26.4. The van der Waals surface area contributed by atoms with Crippen LogP contribution in [0.25, 0.3) is 11.2 Å². The summed E-state index contributed by atoms with van der Waals surface area (Å²) in [4.78, 5) is 41.4. The summed E-state index contributed by atoms with van der Waals surface area (Å²) in [6.45, 7) is -1.91. The highest BCUT2D eigenvalue weighted by molar-refractivity contribution is 7.61. The number of aromatic nitrogens is 4. The lowest BCUT2D eigenvalue weighted by atomic mass is 10.1. The Morgan fingerprint density at radius 2 is 1.72 bits per heavy atom. The van der Waals surface area contributed by atoms with Gasteiger partial charge in [-0.05, 0) is 0 Å². The Kier molecular flexibility index (Phi) is 7.67. The zero-order valence-electron chi connectivity index (χ0n) is 18.0. The number of hydrogen-bond donors (Lipinski definition) is 8. The largest absolute Gasteiger partial charge is 0.481 e. The lowest BCUT2D eigenvalue weighted by Crippen LogP contribution is -2.33. The van der Waals surface area contributed by atoms with E-state index in [2.05, 4.69) is 28.3 Å². The van der Waals surface area contributed by atoms with Crippen LogP contribution in [0.3, 0.4) is 0 Å². The van der Waals surface area contributed by atoms with Gasteiger partial charge in [0.25, 0.3) is 5.56 Å². The van der Waals surface area contributed by atoms with E-state index in [1.165, 1.54) is 0 Å². The molecule has 2 unspecified atom stereocenters. The summed E-state index contributed by atoms with van der Waals surface area (Å²) in [7, 11) is -10.5. The first-order valence-corrected chi connectivity index (χ1v) is 13.1. The summed E-state index contributed by atoms with van der Waals surface area (Å²) in [5.74, 6) is -0.249. The monoisotopic (exact) mass is 559 g/mol. The molecule has 0 amide bonds. The van der Waals surface area contributed by atoms with Crippen LogP contribution in [0, 0.1) is 0 Å². The number of aliphatic hydroxyl groups is 4. The molecule has 19 nitrogen and oxygen atoms in total. The molecule has 2 fully saturated rings. The Hall–Kier alpha value is -1.83. The molecule has 0 saturated carbocycles. The summed E-state index contributed by atoms with van der Waals surface area (Å²) in [6.07, 6.45) is -8.90.